The quantitative estimate of drug-likeness (QED) is 0.507. The fourth-order valence-electron chi connectivity index (χ4n) is 1.60. The zero-order valence-corrected chi connectivity index (χ0v) is 9.37. The van der Waals surface area contributed by atoms with Gasteiger partial charge in [-0.3, -0.25) is 10.1 Å². The first kappa shape index (κ1) is 11.9. The summed E-state index contributed by atoms with van der Waals surface area (Å²) in [5.74, 6) is -0.467. The molecule has 0 saturated carbocycles. The van der Waals surface area contributed by atoms with Crippen LogP contribution in [0.5, 0.6) is 11.5 Å². The molecule has 1 aromatic heterocycles. The molecular weight excluding hydrogens is 242 g/mol. The maximum atomic E-state index is 11.4. The zero-order valence-electron chi connectivity index (χ0n) is 9.37. The third-order valence-electron chi connectivity index (χ3n) is 2.33. The number of para-hydroxylation sites is 1. The molecule has 7 heteroatoms. The Morgan fingerprint density at radius 2 is 2.22 bits per heavy atom. The molecule has 94 valence electrons. The molecule has 0 aliphatic rings. The van der Waals surface area contributed by atoms with E-state index in [2.05, 4.69) is 0 Å². The second-order valence-electron chi connectivity index (χ2n) is 3.41. The van der Waals surface area contributed by atoms with Crippen LogP contribution >= 0.6 is 0 Å². The molecule has 2 aromatic rings. The number of hydrogen-bond acceptors (Lipinski definition) is 6. The fraction of sp³-hybridized carbons (Fsp3) is 0.182. The standard InChI is InChI=1S/C11H9NO6/c1-2-17-7-5-3-4-6-9(13)8(12(15)16)11(14)18-10(6)7/h3-5,13H,2H2,1H3. The summed E-state index contributed by atoms with van der Waals surface area (Å²) in [4.78, 5) is 21.1. The van der Waals surface area contributed by atoms with Crippen LogP contribution in [-0.4, -0.2) is 16.6 Å². The highest BCUT2D eigenvalue weighted by molar-refractivity contribution is 5.90. The van der Waals surface area contributed by atoms with E-state index in [4.69, 9.17) is 9.15 Å². The minimum Gasteiger partial charge on any atom is -0.501 e. The second kappa shape index (κ2) is 4.36. The first-order chi connectivity index (χ1) is 8.56. The Kier molecular flexibility index (Phi) is 2.88. The summed E-state index contributed by atoms with van der Waals surface area (Å²) in [6.07, 6.45) is 0. The van der Waals surface area contributed by atoms with Crippen molar-refractivity contribution in [2.75, 3.05) is 6.61 Å². The van der Waals surface area contributed by atoms with Gasteiger partial charge in [-0.15, -0.1) is 0 Å². The summed E-state index contributed by atoms with van der Waals surface area (Å²) < 4.78 is 10.1. The predicted octanol–water partition coefficient (Wildman–Crippen LogP) is 1.81. The minimum absolute atomic E-state index is 0.00699. The van der Waals surface area contributed by atoms with Crippen LogP contribution < -0.4 is 10.4 Å². The van der Waals surface area contributed by atoms with Crippen molar-refractivity contribution >= 4 is 16.7 Å². The molecule has 1 aromatic carbocycles. The fourth-order valence-corrected chi connectivity index (χ4v) is 1.60. The largest absolute Gasteiger partial charge is 0.501 e. The summed E-state index contributed by atoms with van der Waals surface area (Å²) in [5.41, 5.74) is -2.19. The third kappa shape index (κ3) is 1.75. The summed E-state index contributed by atoms with van der Waals surface area (Å²) in [7, 11) is 0. The van der Waals surface area contributed by atoms with Crippen molar-refractivity contribution in [3.8, 4) is 11.5 Å². The lowest BCUT2D eigenvalue weighted by atomic mass is 10.2. The summed E-state index contributed by atoms with van der Waals surface area (Å²) in [6.45, 7) is 2.07. The molecule has 0 unspecified atom stereocenters. The van der Waals surface area contributed by atoms with Gasteiger partial charge in [-0.25, -0.2) is 4.79 Å². The van der Waals surface area contributed by atoms with Crippen molar-refractivity contribution in [3.63, 3.8) is 0 Å². The van der Waals surface area contributed by atoms with Crippen molar-refractivity contribution < 1.29 is 19.2 Å². The molecule has 2 rings (SSSR count). The lowest BCUT2D eigenvalue weighted by molar-refractivity contribution is -0.388. The number of benzene rings is 1. The molecule has 0 saturated heterocycles. The van der Waals surface area contributed by atoms with Gasteiger partial charge in [0.15, 0.2) is 11.3 Å². The molecule has 0 fully saturated rings. The molecule has 0 radical (unpaired) electrons. The number of hydrogen-bond donors (Lipinski definition) is 1. The zero-order chi connectivity index (χ0) is 13.3. The average Bonchev–Trinajstić information content (AvgIpc) is 2.30. The Labute approximate surface area is 100 Å². The number of nitro groups is 1. The van der Waals surface area contributed by atoms with Crippen LogP contribution in [0.3, 0.4) is 0 Å². The topological polar surface area (TPSA) is 103 Å². The summed E-state index contributed by atoms with van der Waals surface area (Å²) in [5, 5.41) is 20.4. The smallest absolute Gasteiger partial charge is 0.419 e. The highest BCUT2D eigenvalue weighted by atomic mass is 16.6. The normalized spacial score (nSPS) is 10.5. The number of nitrogens with zero attached hydrogens (tertiary/aromatic N) is 1. The Hall–Kier alpha value is -2.57. The van der Waals surface area contributed by atoms with Crippen LogP contribution in [0.2, 0.25) is 0 Å². The monoisotopic (exact) mass is 251 g/mol. The van der Waals surface area contributed by atoms with Crippen molar-refractivity contribution in [1.29, 1.82) is 0 Å². The Balaban J connectivity index is 2.85. The lowest BCUT2D eigenvalue weighted by Gasteiger charge is -2.06. The van der Waals surface area contributed by atoms with Crippen molar-refractivity contribution in [1.82, 2.24) is 0 Å². The minimum atomic E-state index is -1.21. The van der Waals surface area contributed by atoms with Crippen molar-refractivity contribution in [2.45, 2.75) is 6.92 Å². The predicted molar refractivity (Wildman–Crippen MR) is 62.0 cm³/mol. The molecule has 0 atom stereocenters. The molecule has 0 amide bonds. The van der Waals surface area contributed by atoms with Gasteiger partial charge in [0, 0.05) is 0 Å². The van der Waals surface area contributed by atoms with Crippen molar-refractivity contribution in [2.24, 2.45) is 0 Å². The van der Waals surface area contributed by atoms with E-state index >= 15 is 0 Å². The lowest BCUT2D eigenvalue weighted by Crippen LogP contribution is -2.07. The van der Waals surface area contributed by atoms with Gasteiger partial charge >= 0.3 is 11.3 Å². The number of fused-ring (bicyclic) bond motifs is 1. The SMILES string of the molecule is CCOc1cccc2c(O)c([N+](=O)[O-])c(=O)oc12. The molecular formula is C11H9NO6. The molecule has 0 bridgehead atoms. The van der Waals surface area contributed by atoms with Gasteiger partial charge in [0.2, 0.25) is 5.75 Å². The molecule has 0 aliphatic carbocycles. The van der Waals surface area contributed by atoms with E-state index in [1.54, 1.807) is 13.0 Å². The van der Waals surface area contributed by atoms with Crippen molar-refractivity contribution in [3.05, 3.63) is 38.7 Å². The van der Waals surface area contributed by atoms with E-state index in [0.717, 1.165) is 0 Å². The number of aromatic hydroxyl groups is 1. The summed E-state index contributed by atoms with van der Waals surface area (Å²) in [6, 6.07) is 4.49. The van der Waals surface area contributed by atoms with Crippen LogP contribution in [0.15, 0.2) is 27.4 Å². The van der Waals surface area contributed by atoms with E-state index in [1.807, 2.05) is 0 Å². The Morgan fingerprint density at radius 3 is 2.83 bits per heavy atom. The van der Waals surface area contributed by atoms with Gasteiger partial charge in [0.25, 0.3) is 0 Å². The van der Waals surface area contributed by atoms with E-state index in [9.17, 15) is 20.0 Å². The van der Waals surface area contributed by atoms with Gasteiger partial charge in [-0.05, 0) is 19.1 Å². The summed E-state index contributed by atoms with van der Waals surface area (Å²) >= 11 is 0. The Bertz CT molecular complexity index is 675. The molecule has 1 N–H and O–H groups in total. The van der Waals surface area contributed by atoms with E-state index in [-0.39, 0.29) is 16.7 Å². The van der Waals surface area contributed by atoms with Gasteiger partial charge < -0.3 is 14.3 Å². The van der Waals surface area contributed by atoms with E-state index < -0.39 is 22.0 Å². The van der Waals surface area contributed by atoms with Gasteiger partial charge in [-0.2, -0.15) is 0 Å². The third-order valence-corrected chi connectivity index (χ3v) is 2.33. The van der Waals surface area contributed by atoms with Crippen LogP contribution in [0, 0.1) is 10.1 Å². The molecule has 1 heterocycles. The van der Waals surface area contributed by atoms with Crippen LogP contribution in [0.1, 0.15) is 6.92 Å². The molecule has 0 spiro atoms. The van der Waals surface area contributed by atoms with Gasteiger partial charge in [0.05, 0.1) is 16.9 Å². The average molecular weight is 251 g/mol. The molecule has 0 aliphatic heterocycles. The first-order valence-corrected chi connectivity index (χ1v) is 5.12. The van der Waals surface area contributed by atoms with Crippen LogP contribution in [0.25, 0.3) is 11.0 Å². The van der Waals surface area contributed by atoms with E-state index in [1.165, 1.54) is 12.1 Å². The first-order valence-electron chi connectivity index (χ1n) is 5.12. The van der Waals surface area contributed by atoms with Gasteiger partial charge in [-0.1, -0.05) is 6.07 Å². The van der Waals surface area contributed by atoms with E-state index in [0.29, 0.717) is 6.61 Å². The van der Waals surface area contributed by atoms with Crippen LogP contribution in [-0.2, 0) is 0 Å². The number of rotatable bonds is 3. The molecule has 7 nitrogen and oxygen atoms in total. The van der Waals surface area contributed by atoms with Crippen LogP contribution in [0.4, 0.5) is 5.69 Å². The molecule has 18 heavy (non-hydrogen) atoms. The highest BCUT2D eigenvalue weighted by Crippen LogP contribution is 2.35. The Morgan fingerprint density at radius 1 is 1.50 bits per heavy atom. The number of ether oxygens (including phenoxy) is 1. The second-order valence-corrected chi connectivity index (χ2v) is 3.41. The highest BCUT2D eigenvalue weighted by Gasteiger charge is 2.25. The maximum absolute atomic E-state index is 11.4. The maximum Gasteiger partial charge on any atom is 0.419 e. The van der Waals surface area contributed by atoms with Gasteiger partial charge in [0.1, 0.15) is 0 Å².